The number of nitriles is 1. The highest BCUT2D eigenvalue weighted by molar-refractivity contribution is 7.89. The van der Waals surface area contributed by atoms with Crippen LogP contribution in [0, 0.1) is 11.3 Å². The molecular weight excluding hydrogens is 276 g/mol. The van der Waals surface area contributed by atoms with Crippen molar-refractivity contribution in [2.75, 3.05) is 6.54 Å². The third-order valence-electron chi connectivity index (χ3n) is 2.33. The number of aliphatic hydroxyl groups is 1. The summed E-state index contributed by atoms with van der Waals surface area (Å²) in [6, 6.07) is 5.79. The molecule has 0 spiro atoms. The second-order valence-electron chi connectivity index (χ2n) is 3.67. The Balaban J connectivity index is 2.96. The molecule has 1 aromatic carbocycles. The van der Waals surface area contributed by atoms with Crippen LogP contribution in [-0.4, -0.2) is 26.2 Å². The lowest BCUT2D eigenvalue weighted by Crippen LogP contribution is -2.31. The number of rotatable bonds is 5. The van der Waals surface area contributed by atoms with E-state index in [1.807, 2.05) is 6.07 Å². The Morgan fingerprint density at radius 3 is 2.72 bits per heavy atom. The SMILES string of the molecule is CCC(O)CNS(=O)(=O)c1ccc(C#N)cc1Cl. The second-order valence-corrected chi connectivity index (χ2v) is 5.81. The molecule has 5 nitrogen and oxygen atoms in total. The number of halogens is 1. The summed E-state index contributed by atoms with van der Waals surface area (Å²) < 4.78 is 26.0. The van der Waals surface area contributed by atoms with Gasteiger partial charge in [-0.25, -0.2) is 13.1 Å². The highest BCUT2D eigenvalue weighted by Gasteiger charge is 2.18. The average molecular weight is 289 g/mol. The van der Waals surface area contributed by atoms with Crippen molar-refractivity contribution >= 4 is 21.6 Å². The summed E-state index contributed by atoms with van der Waals surface area (Å²) in [4.78, 5) is -0.105. The van der Waals surface area contributed by atoms with E-state index in [2.05, 4.69) is 4.72 Å². The van der Waals surface area contributed by atoms with Gasteiger partial charge in [-0.2, -0.15) is 5.26 Å². The Hall–Kier alpha value is -1.13. The van der Waals surface area contributed by atoms with Gasteiger partial charge in [0, 0.05) is 6.54 Å². The van der Waals surface area contributed by atoms with Gasteiger partial charge >= 0.3 is 0 Å². The number of benzene rings is 1. The highest BCUT2D eigenvalue weighted by atomic mass is 35.5. The van der Waals surface area contributed by atoms with Gasteiger partial charge in [0.15, 0.2) is 0 Å². The zero-order valence-electron chi connectivity index (χ0n) is 9.72. The molecule has 0 aromatic heterocycles. The van der Waals surface area contributed by atoms with Gasteiger partial charge in [0.1, 0.15) is 4.90 Å². The smallest absolute Gasteiger partial charge is 0.242 e. The minimum atomic E-state index is -3.77. The summed E-state index contributed by atoms with van der Waals surface area (Å²) in [7, 11) is -3.77. The number of aliphatic hydroxyl groups excluding tert-OH is 1. The first kappa shape index (κ1) is 14.9. The van der Waals surface area contributed by atoms with Crippen LogP contribution < -0.4 is 4.72 Å². The van der Waals surface area contributed by atoms with Gasteiger partial charge in [0.2, 0.25) is 10.0 Å². The Kier molecular flexibility index (Phi) is 5.11. The molecule has 7 heteroatoms. The highest BCUT2D eigenvalue weighted by Crippen LogP contribution is 2.22. The molecule has 0 saturated carbocycles. The van der Waals surface area contributed by atoms with Crippen LogP contribution >= 0.6 is 11.6 Å². The van der Waals surface area contributed by atoms with Gasteiger partial charge in [-0.3, -0.25) is 0 Å². The third kappa shape index (κ3) is 3.68. The van der Waals surface area contributed by atoms with Crippen LogP contribution in [0.15, 0.2) is 23.1 Å². The van der Waals surface area contributed by atoms with Gasteiger partial charge in [-0.15, -0.1) is 0 Å². The van der Waals surface area contributed by atoms with E-state index >= 15 is 0 Å². The first-order valence-electron chi connectivity index (χ1n) is 5.28. The van der Waals surface area contributed by atoms with Crippen molar-refractivity contribution in [1.82, 2.24) is 4.72 Å². The van der Waals surface area contributed by atoms with Crippen LogP contribution in [0.3, 0.4) is 0 Å². The molecule has 0 bridgehead atoms. The number of nitrogens with one attached hydrogen (secondary N) is 1. The fraction of sp³-hybridized carbons (Fsp3) is 0.364. The minimum Gasteiger partial charge on any atom is -0.392 e. The van der Waals surface area contributed by atoms with Crippen molar-refractivity contribution in [3.8, 4) is 6.07 Å². The zero-order valence-corrected chi connectivity index (χ0v) is 11.3. The fourth-order valence-corrected chi connectivity index (χ4v) is 2.83. The van der Waals surface area contributed by atoms with Gasteiger partial charge in [-0.1, -0.05) is 18.5 Å². The van der Waals surface area contributed by atoms with E-state index in [0.717, 1.165) is 0 Å². The second kappa shape index (κ2) is 6.16. The van der Waals surface area contributed by atoms with Gasteiger partial charge in [0.25, 0.3) is 0 Å². The molecule has 0 heterocycles. The van der Waals surface area contributed by atoms with Crippen molar-refractivity contribution in [2.24, 2.45) is 0 Å². The van der Waals surface area contributed by atoms with Crippen LogP contribution in [0.1, 0.15) is 18.9 Å². The summed E-state index contributed by atoms with van der Waals surface area (Å²) >= 11 is 5.81. The molecule has 0 aliphatic heterocycles. The van der Waals surface area contributed by atoms with Crippen LogP contribution in [-0.2, 0) is 10.0 Å². The molecule has 0 aliphatic carbocycles. The largest absolute Gasteiger partial charge is 0.392 e. The lowest BCUT2D eigenvalue weighted by atomic mass is 10.2. The number of hydrogen-bond acceptors (Lipinski definition) is 4. The molecule has 18 heavy (non-hydrogen) atoms. The molecule has 0 fully saturated rings. The molecule has 0 amide bonds. The van der Waals surface area contributed by atoms with Crippen molar-refractivity contribution in [3.63, 3.8) is 0 Å². The zero-order chi connectivity index (χ0) is 13.8. The first-order valence-corrected chi connectivity index (χ1v) is 7.14. The van der Waals surface area contributed by atoms with Crippen molar-refractivity contribution < 1.29 is 13.5 Å². The standard InChI is InChI=1S/C11H13ClN2O3S/c1-2-9(15)7-14-18(16,17)11-4-3-8(6-13)5-10(11)12/h3-5,9,14-15H,2,7H2,1H3. The summed E-state index contributed by atoms with van der Waals surface area (Å²) in [5, 5.41) is 18.0. The van der Waals surface area contributed by atoms with Gasteiger partial charge in [-0.05, 0) is 24.6 Å². The topological polar surface area (TPSA) is 90.2 Å². The predicted molar refractivity (Wildman–Crippen MR) is 67.7 cm³/mol. The molecule has 0 aliphatic rings. The van der Waals surface area contributed by atoms with Crippen LogP contribution in [0.5, 0.6) is 0 Å². The molecule has 1 rings (SSSR count). The average Bonchev–Trinajstić information content (AvgIpc) is 2.35. The number of nitrogens with zero attached hydrogens (tertiary/aromatic N) is 1. The maximum absolute atomic E-state index is 11.9. The molecular formula is C11H13ClN2O3S. The Morgan fingerprint density at radius 2 is 2.22 bits per heavy atom. The van der Waals surface area contributed by atoms with Crippen molar-refractivity contribution in [3.05, 3.63) is 28.8 Å². The summed E-state index contributed by atoms with van der Waals surface area (Å²) in [6.45, 7) is 1.67. The normalized spacial score (nSPS) is 13.0. The molecule has 1 atom stereocenters. The summed E-state index contributed by atoms with van der Waals surface area (Å²) in [5.41, 5.74) is 0.285. The lowest BCUT2D eigenvalue weighted by Gasteiger charge is -2.11. The lowest BCUT2D eigenvalue weighted by molar-refractivity contribution is 0.174. The molecule has 1 unspecified atom stereocenters. The maximum atomic E-state index is 11.9. The van der Waals surface area contributed by atoms with Crippen molar-refractivity contribution in [1.29, 1.82) is 5.26 Å². The van der Waals surface area contributed by atoms with E-state index in [1.165, 1.54) is 18.2 Å². The van der Waals surface area contributed by atoms with E-state index < -0.39 is 16.1 Å². The van der Waals surface area contributed by atoms with E-state index in [-0.39, 0.29) is 22.0 Å². The van der Waals surface area contributed by atoms with E-state index in [9.17, 15) is 13.5 Å². The third-order valence-corrected chi connectivity index (χ3v) is 4.24. The van der Waals surface area contributed by atoms with E-state index in [4.69, 9.17) is 16.9 Å². The minimum absolute atomic E-state index is 0.0208. The van der Waals surface area contributed by atoms with Crippen LogP contribution in [0.2, 0.25) is 5.02 Å². The molecule has 0 radical (unpaired) electrons. The Morgan fingerprint density at radius 1 is 1.56 bits per heavy atom. The van der Waals surface area contributed by atoms with E-state index in [0.29, 0.717) is 6.42 Å². The summed E-state index contributed by atoms with van der Waals surface area (Å²) in [5.74, 6) is 0. The molecule has 2 N–H and O–H groups in total. The monoisotopic (exact) mass is 288 g/mol. The molecule has 98 valence electrons. The molecule has 0 saturated heterocycles. The first-order chi connectivity index (χ1) is 8.40. The van der Waals surface area contributed by atoms with Crippen LogP contribution in [0.4, 0.5) is 0 Å². The van der Waals surface area contributed by atoms with Crippen molar-refractivity contribution in [2.45, 2.75) is 24.3 Å². The van der Waals surface area contributed by atoms with Crippen LogP contribution in [0.25, 0.3) is 0 Å². The fourth-order valence-electron chi connectivity index (χ4n) is 1.22. The Labute approximate surface area is 111 Å². The Bertz CT molecular complexity index is 566. The number of hydrogen-bond donors (Lipinski definition) is 2. The van der Waals surface area contributed by atoms with Gasteiger partial charge in [0.05, 0.1) is 22.8 Å². The quantitative estimate of drug-likeness (QED) is 0.853. The van der Waals surface area contributed by atoms with E-state index in [1.54, 1.807) is 6.92 Å². The molecule has 1 aromatic rings. The van der Waals surface area contributed by atoms with Gasteiger partial charge < -0.3 is 5.11 Å². The maximum Gasteiger partial charge on any atom is 0.242 e. The summed E-state index contributed by atoms with van der Waals surface area (Å²) in [6.07, 6.45) is -0.291. The predicted octanol–water partition coefficient (Wildman–Crippen LogP) is 1.26. The number of sulfonamides is 1.